The van der Waals surface area contributed by atoms with Gasteiger partial charge in [-0.2, -0.15) is 5.26 Å². The average molecular weight is 301 g/mol. The third kappa shape index (κ3) is 6.76. The number of carbonyl (C=O) groups excluding carboxylic acids is 1. The van der Waals surface area contributed by atoms with Crippen molar-refractivity contribution in [3.63, 3.8) is 0 Å². The Balaban J connectivity index is 2.13. The van der Waals surface area contributed by atoms with Gasteiger partial charge < -0.3 is 5.11 Å². The van der Waals surface area contributed by atoms with Gasteiger partial charge in [0.15, 0.2) is 5.78 Å². The standard InChI is InChI=1S/C19H27NO2/c1-16(19(22)17-13-9-10-14-18(17)21)12-8-6-4-2-3-5-7-11-15-20/h9-10,13-14,16,21H,2-8,11-12H2,1H3. The second-order valence-corrected chi connectivity index (χ2v) is 5.95. The van der Waals surface area contributed by atoms with Gasteiger partial charge in [-0.05, 0) is 25.0 Å². The van der Waals surface area contributed by atoms with E-state index < -0.39 is 0 Å². The zero-order valence-electron chi connectivity index (χ0n) is 13.6. The molecule has 1 rings (SSSR count). The van der Waals surface area contributed by atoms with Crippen LogP contribution in [0.25, 0.3) is 0 Å². The molecule has 0 aliphatic rings. The van der Waals surface area contributed by atoms with E-state index in [9.17, 15) is 9.90 Å². The summed E-state index contributed by atoms with van der Waals surface area (Å²) < 4.78 is 0. The second-order valence-electron chi connectivity index (χ2n) is 5.95. The molecule has 1 unspecified atom stereocenters. The Morgan fingerprint density at radius 3 is 2.32 bits per heavy atom. The quantitative estimate of drug-likeness (QED) is 0.449. The van der Waals surface area contributed by atoms with E-state index >= 15 is 0 Å². The first-order chi connectivity index (χ1) is 10.7. The van der Waals surface area contributed by atoms with Crippen molar-refractivity contribution in [3.8, 4) is 11.8 Å². The van der Waals surface area contributed by atoms with Crippen LogP contribution in [0.5, 0.6) is 5.75 Å². The highest BCUT2D eigenvalue weighted by Gasteiger charge is 2.17. The summed E-state index contributed by atoms with van der Waals surface area (Å²) >= 11 is 0. The molecule has 0 radical (unpaired) electrons. The van der Waals surface area contributed by atoms with E-state index in [1.165, 1.54) is 19.3 Å². The second kappa shape index (κ2) is 10.8. The predicted octanol–water partition coefficient (Wildman–Crippen LogP) is 5.25. The fraction of sp³-hybridized carbons (Fsp3) is 0.579. The summed E-state index contributed by atoms with van der Waals surface area (Å²) in [5.74, 6) is 0.0789. The normalized spacial score (nSPS) is 11.8. The molecule has 0 aromatic heterocycles. The summed E-state index contributed by atoms with van der Waals surface area (Å²) in [6, 6.07) is 8.93. The van der Waals surface area contributed by atoms with Crippen molar-refractivity contribution in [2.75, 3.05) is 0 Å². The van der Waals surface area contributed by atoms with Gasteiger partial charge in [-0.1, -0.05) is 57.6 Å². The van der Waals surface area contributed by atoms with Crippen molar-refractivity contribution in [2.45, 2.75) is 64.7 Å². The summed E-state index contributed by atoms with van der Waals surface area (Å²) in [5.41, 5.74) is 0.437. The van der Waals surface area contributed by atoms with Gasteiger partial charge >= 0.3 is 0 Å². The van der Waals surface area contributed by atoms with Crippen LogP contribution in [-0.2, 0) is 0 Å². The molecule has 0 spiro atoms. The third-order valence-corrected chi connectivity index (χ3v) is 4.04. The molecular formula is C19H27NO2. The van der Waals surface area contributed by atoms with Crippen molar-refractivity contribution in [3.05, 3.63) is 29.8 Å². The number of nitriles is 1. The van der Waals surface area contributed by atoms with E-state index in [1.54, 1.807) is 24.3 Å². The summed E-state index contributed by atoms with van der Waals surface area (Å²) in [5, 5.41) is 18.2. The summed E-state index contributed by atoms with van der Waals surface area (Å²) in [6.45, 7) is 1.94. The van der Waals surface area contributed by atoms with Crippen molar-refractivity contribution in [1.82, 2.24) is 0 Å². The number of phenolic OH excluding ortho intramolecular Hbond substituents is 1. The number of aromatic hydroxyl groups is 1. The van der Waals surface area contributed by atoms with Crippen LogP contribution < -0.4 is 0 Å². The smallest absolute Gasteiger partial charge is 0.169 e. The zero-order chi connectivity index (χ0) is 16.2. The van der Waals surface area contributed by atoms with Gasteiger partial charge in [-0.3, -0.25) is 4.79 Å². The van der Waals surface area contributed by atoms with Gasteiger partial charge in [0.05, 0.1) is 11.6 Å². The molecule has 1 N–H and O–H groups in total. The number of benzene rings is 1. The highest BCUT2D eigenvalue weighted by atomic mass is 16.3. The van der Waals surface area contributed by atoms with E-state index in [2.05, 4.69) is 6.07 Å². The summed E-state index contributed by atoms with van der Waals surface area (Å²) in [6.07, 6.45) is 9.53. The number of hydrogen-bond acceptors (Lipinski definition) is 3. The predicted molar refractivity (Wildman–Crippen MR) is 88.8 cm³/mol. The maximum atomic E-state index is 12.2. The molecule has 1 aromatic carbocycles. The van der Waals surface area contributed by atoms with E-state index in [0.717, 1.165) is 32.1 Å². The molecule has 1 atom stereocenters. The van der Waals surface area contributed by atoms with E-state index in [-0.39, 0.29) is 17.5 Å². The van der Waals surface area contributed by atoms with Crippen molar-refractivity contribution >= 4 is 5.78 Å². The monoisotopic (exact) mass is 301 g/mol. The van der Waals surface area contributed by atoms with E-state index in [0.29, 0.717) is 12.0 Å². The number of para-hydroxylation sites is 1. The molecule has 22 heavy (non-hydrogen) atoms. The largest absolute Gasteiger partial charge is 0.507 e. The molecule has 0 saturated carbocycles. The first-order valence-corrected chi connectivity index (χ1v) is 8.36. The highest BCUT2D eigenvalue weighted by molar-refractivity contribution is 5.99. The summed E-state index contributed by atoms with van der Waals surface area (Å²) in [7, 11) is 0. The van der Waals surface area contributed by atoms with Crippen LogP contribution in [0, 0.1) is 17.2 Å². The molecule has 1 aromatic rings. The number of nitrogens with zero attached hydrogens (tertiary/aromatic N) is 1. The molecule has 0 fully saturated rings. The maximum absolute atomic E-state index is 12.2. The van der Waals surface area contributed by atoms with E-state index in [1.807, 2.05) is 6.92 Å². The minimum absolute atomic E-state index is 0.0367. The Bertz CT molecular complexity index is 490. The average Bonchev–Trinajstić information content (AvgIpc) is 2.53. The lowest BCUT2D eigenvalue weighted by molar-refractivity contribution is 0.0919. The molecule has 0 saturated heterocycles. The zero-order valence-corrected chi connectivity index (χ0v) is 13.6. The highest BCUT2D eigenvalue weighted by Crippen LogP contribution is 2.22. The van der Waals surface area contributed by atoms with Crippen LogP contribution in [0.3, 0.4) is 0 Å². The van der Waals surface area contributed by atoms with Gasteiger partial charge in [0.25, 0.3) is 0 Å². The fourth-order valence-corrected chi connectivity index (χ4v) is 2.62. The van der Waals surface area contributed by atoms with Crippen LogP contribution in [0.4, 0.5) is 0 Å². The molecular weight excluding hydrogens is 274 g/mol. The Kier molecular flexibility index (Phi) is 8.98. The van der Waals surface area contributed by atoms with Crippen molar-refractivity contribution < 1.29 is 9.90 Å². The number of rotatable bonds is 11. The third-order valence-electron chi connectivity index (χ3n) is 4.04. The molecule has 3 nitrogen and oxygen atoms in total. The lowest BCUT2D eigenvalue weighted by Crippen LogP contribution is -2.11. The molecule has 3 heteroatoms. The lowest BCUT2D eigenvalue weighted by atomic mass is 9.93. The Labute approximate surface area is 134 Å². The minimum atomic E-state index is -0.0380. The molecule has 120 valence electrons. The van der Waals surface area contributed by atoms with Crippen LogP contribution >= 0.6 is 0 Å². The molecule has 0 heterocycles. The van der Waals surface area contributed by atoms with Gasteiger partial charge in [-0.15, -0.1) is 0 Å². The van der Waals surface area contributed by atoms with Crippen molar-refractivity contribution in [2.24, 2.45) is 5.92 Å². The number of ketones is 1. The van der Waals surface area contributed by atoms with Gasteiger partial charge in [0, 0.05) is 12.3 Å². The van der Waals surface area contributed by atoms with Crippen molar-refractivity contribution in [1.29, 1.82) is 5.26 Å². The minimum Gasteiger partial charge on any atom is -0.507 e. The Hall–Kier alpha value is -1.82. The van der Waals surface area contributed by atoms with Gasteiger partial charge in [0.2, 0.25) is 0 Å². The number of hydrogen-bond donors (Lipinski definition) is 1. The molecule has 0 aliphatic carbocycles. The van der Waals surface area contributed by atoms with Crippen LogP contribution in [0.1, 0.15) is 75.1 Å². The Morgan fingerprint density at radius 2 is 1.68 bits per heavy atom. The van der Waals surface area contributed by atoms with Crippen LogP contribution in [0.2, 0.25) is 0 Å². The fourth-order valence-electron chi connectivity index (χ4n) is 2.62. The number of Topliss-reactive ketones (excluding diaryl/α,β-unsaturated/α-hetero) is 1. The first-order valence-electron chi connectivity index (χ1n) is 8.36. The number of phenols is 1. The van der Waals surface area contributed by atoms with Gasteiger partial charge in [0.1, 0.15) is 5.75 Å². The molecule has 0 amide bonds. The molecule has 0 bridgehead atoms. The summed E-state index contributed by atoms with van der Waals surface area (Å²) in [4.78, 5) is 12.2. The van der Waals surface area contributed by atoms with Gasteiger partial charge in [-0.25, -0.2) is 0 Å². The Morgan fingerprint density at radius 1 is 1.09 bits per heavy atom. The number of carbonyl (C=O) groups is 1. The topological polar surface area (TPSA) is 61.1 Å². The number of unbranched alkanes of at least 4 members (excludes halogenated alkanes) is 7. The van der Waals surface area contributed by atoms with Crippen LogP contribution in [0.15, 0.2) is 24.3 Å². The lowest BCUT2D eigenvalue weighted by Gasteiger charge is -2.11. The van der Waals surface area contributed by atoms with Crippen LogP contribution in [-0.4, -0.2) is 10.9 Å². The van der Waals surface area contributed by atoms with E-state index in [4.69, 9.17) is 5.26 Å². The SMILES string of the molecule is CC(CCCCCCCCCC#N)C(=O)c1ccccc1O. The first kappa shape index (κ1) is 18.2. The molecule has 0 aliphatic heterocycles. The maximum Gasteiger partial charge on any atom is 0.169 e.